The molecule has 0 fully saturated rings. The van der Waals surface area contributed by atoms with Crippen molar-refractivity contribution in [3.05, 3.63) is 83.2 Å². The molecule has 0 saturated heterocycles. The monoisotopic (exact) mass is 463 g/mol. The number of aromatic nitrogens is 3. The number of hydrogen-bond donors (Lipinski definition) is 0. The highest BCUT2D eigenvalue weighted by Gasteiger charge is 2.37. The predicted octanol–water partition coefficient (Wildman–Crippen LogP) is 6.96. The van der Waals surface area contributed by atoms with Gasteiger partial charge in [0, 0.05) is 18.0 Å². The lowest BCUT2D eigenvalue weighted by atomic mass is 10.0. The van der Waals surface area contributed by atoms with Crippen LogP contribution < -0.4 is 0 Å². The second-order valence-corrected chi connectivity index (χ2v) is 7.55. The average Bonchev–Trinajstić information content (AvgIpc) is 3.03. The van der Waals surface area contributed by atoms with Gasteiger partial charge in [0.15, 0.2) is 5.65 Å². The molecule has 0 N–H and O–H groups in total. The van der Waals surface area contributed by atoms with Gasteiger partial charge in [-0.2, -0.15) is 26.3 Å². The summed E-state index contributed by atoms with van der Waals surface area (Å²) in [5, 5.41) is 0.592. The zero-order chi connectivity index (χ0) is 23.5. The molecular formula is C23H12F7N3. The molecule has 0 bridgehead atoms. The Hall–Kier alpha value is -3.69. The summed E-state index contributed by atoms with van der Waals surface area (Å²) in [6.45, 7) is -0.307. The van der Waals surface area contributed by atoms with E-state index < -0.39 is 29.3 Å². The molecule has 0 unspecified atom stereocenters. The van der Waals surface area contributed by atoms with Crippen molar-refractivity contribution in [2.45, 2.75) is 18.9 Å². The van der Waals surface area contributed by atoms with Gasteiger partial charge in [-0.15, -0.1) is 0 Å². The van der Waals surface area contributed by atoms with Crippen molar-refractivity contribution in [1.29, 1.82) is 0 Å². The summed E-state index contributed by atoms with van der Waals surface area (Å²) in [6.07, 6.45) is -9.90. The molecule has 0 saturated carbocycles. The number of halogens is 7. The van der Waals surface area contributed by atoms with Gasteiger partial charge in [0.25, 0.3) is 0 Å². The van der Waals surface area contributed by atoms with Gasteiger partial charge in [-0.05, 0) is 42.0 Å². The summed E-state index contributed by atoms with van der Waals surface area (Å²) in [5.74, 6) is -0.511. The van der Waals surface area contributed by atoms with Crippen LogP contribution in [0.1, 0.15) is 16.7 Å². The Morgan fingerprint density at radius 2 is 1.39 bits per heavy atom. The molecule has 0 aliphatic rings. The first kappa shape index (κ1) is 21.2. The van der Waals surface area contributed by atoms with Crippen LogP contribution in [-0.2, 0) is 18.9 Å². The third kappa shape index (κ3) is 3.75. The standard InChI is InChI=1S/C23H12F7N3/c24-15-5-6-17-18(10-15)31-20-16-3-1-2-4-19(16)33(21(20)32-17)11-12-7-13(22(25,26)27)9-14(8-12)23(28,29)30/h1-10H,11H2. The fourth-order valence-electron chi connectivity index (χ4n) is 3.86. The second-order valence-electron chi connectivity index (χ2n) is 7.55. The first-order valence-electron chi connectivity index (χ1n) is 9.63. The highest BCUT2D eigenvalue weighted by atomic mass is 19.4. The Morgan fingerprint density at radius 3 is 2.06 bits per heavy atom. The van der Waals surface area contributed by atoms with E-state index in [2.05, 4.69) is 9.97 Å². The summed E-state index contributed by atoms with van der Waals surface area (Å²) in [5.41, 5.74) is -1.19. The molecule has 0 aliphatic heterocycles. The fraction of sp³-hybridized carbons (Fsp3) is 0.130. The largest absolute Gasteiger partial charge is 0.416 e. The van der Waals surface area contributed by atoms with E-state index in [0.717, 1.165) is 0 Å². The topological polar surface area (TPSA) is 30.7 Å². The predicted molar refractivity (Wildman–Crippen MR) is 108 cm³/mol. The zero-order valence-electron chi connectivity index (χ0n) is 16.5. The molecule has 2 aromatic heterocycles. The first-order chi connectivity index (χ1) is 15.5. The SMILES string of the molecule is Fc1ccc2nc3c(nc2c1)c1ccccc1n3Cc1cc(C(F)(F)F)cc(C(F)(F)F)c1. The lowest BCUT2D eigenvalue weighted by molar-refractivity contribution is -0.143. The molecule has 2 heterocycles. The van der Waals surface area contributed by atoms with Gasteiger partial charge in [-0.3, -0.25) is 0 Å². The minimum absolute atomic E-state index is 0.0945. The fourth-order valence-corrected chi connectivity index (χ4v) is 3.86. The minimum Gasteiger partial charge on any atom is -0.319 e. The van der Waals surface area contributed by atoms with Crippen LogP contribution in [0, 0.1) is 5.82 Å². The maximum absolute atomic E-state index is 13.7. The lowest BCUT2D eigenvalue weighted by Crippen LogP contribution is -2.13. The van der Waals surface area contributed by atoms with Gasteiger partial charge < -0.3 is 4.57 Å². The summed E-state index contributed by atoms with van der Waals surface area (Å²) >= 11 is 0. The Bertz CT molecular complexity index is 1500. The molecule has 3 aromatic carbocycles. The summed E-state index contributed by atoms with van der Waals surface area (Å²) < 4.78 is 95.0. The summed E-state index contributed by atoms with van der Waals surface area (Å²) in [6, 6.07) is 12.1. The first-order valence-corrected chi connectivity index (χ1v) is 9.63. The number of fused-ring (bicyclic) bond motifs is 4. The van der Waals surface area contributed by atoms with Crippen LogP contribution in [0.25, 0.3) is 33.1 Å². The zero-order valence-corrected chi connectivity index (χ0v) is 16.5. The van der Waals surface area contributed by atoms with Crippen LogP contribution in [-0.4, -0.2) is 14.5 Å². The Balaban J connectivity index is 1.76. The van der Waals surface area contributed by atoms with Crippen molar-refractivity contribution in [3.63, 3.8) is 0 Å². The Morgan fingerprint density at radius 1 is 0.727 bits per heavy atom. The third-order valence-corrected chi connectivity index (χ3v) is 5.30. The molecule has 168 valence electrons. The van der Waals surface area contributed by atoms with Crippen LogP contribution in [0.5, 0.6) is 0 Å². The van der Waals surface area contributed by atoms with Crippen LogP contribution >= 0.6 is 0 Å². The molecule has 3 nitrogen and oxygen atoms in total. The maximum Gasteiger partial charge on any atom is 0.416 e. The van der Waals surface area contributed by atoms with Crippen molar-refractivity contribution < 1.29 is 30.7 Å². The van der Waals surface area contributed by atoms with E-state index in [1.807, 2.05) is 0 Å². The van der Waals surface area contributed by atoms with Crippen LogP contribution in [0.4, 0.5) is 30.7 Å². The highest BCUT2D eigenvalue weighted by molar-refractivity contribution is 6.06. The summed E-state index contributed by atoms with van der Waals surface area (Å²) in [7, 11) is 0. The molecule has 10 heteroatoms. The van der Waals surface area contributed by atoms with Gasteiger partial charge >= 0.3 is 12.4 Å². The lowest BCUT2D eigenvalue weighted by Gasteiger charge is -2.15. The second kappa shape index (κ2) is 7.16. The van der Waals surface area contributed by atoms with E-state index >= 15 is 0 Å². The Kier molecular flexibility index (Phi) is 4.59. The van der Waals surface area contributed by atoms with Crippen molar-refractivity contribution in [1.82, 2.24) is 14.5 Å². The molecule has 33 heavy (non-hydrogen) atoms. The van der Waals surface area contributed by atoms with E-state index in [0.29, 0.717) is 34.1 Å². The molecule has 5 rings (SSSR count). The van der Waals surface area contributed by atoms with Crippen LogP contribution in [0.15, 0.2) is 60.7 Å². The van der Waals surface area contributed by atoms with E-state index in [1.165, 1.54) is 22.8 Å². The van der Waals surface area contributed by atoms with Gasteiger partial charge in [0.1, 0.15) is 11.3 Å². The van der Waals surface area contributed by atoms with Crippen molar-refractivity contribution in [3.8, 4) is 0 Å². The average molecular weight is 463 g/mol. The van der Waals surface area contributed by atoms with Gasteiger partial charge in [-0.25, -0.2) is 14.4 Å². The van der Waals surface area contributed by atoms with Crippen LogP contribution in [0.2, 0.25) is 0 Å². The molecule has 0 spiro atoms. The molecule has 0 amide bonds. The van der Waals surface area contributed by atoms with E-state index in [4.69, 9.17) is 0 Å². The number of para-hydroxylation sites is 1. The number of rotatable bonds is 2. The molecule has 5 aromatic rings. The van der Waals surface area contributed by atoms with Gasteiger partial charge in [0.2, 0.25) is 0 Å². The quantitative estimate of drug-likeness (QED) is 0.265. The number of alkyl halides is 6. The van der Waals surface area contributed by atoms with Crippen molar-refractivity contribution in [2.24, 2.45) is 0 Å². The van der Waals surface area contributed by atoms with Crippen molar-refractivity contribution >= 4 is 33.1 Å². The number of benzene rings is 3. The molecule has 0 aliphatic carbocycles. The smallest absolute Gasteiger partial charge is 0.319 e. The third-order valence-electron chi connectivity index (χ3n) is 5.30. The molecular weight excluding hydrogens is 451 g/mol. The molecule has 0 radical (unpaired) electrons. The summed E-state index contributed by atoms with van der Waals surface area (Å²) in [4.78, 5) is 8.94. The Labute approximate surface area is 181 Å². The van der Waals surface area contributed by atoms with E-state index in [-0.39, 0.29) is 29.3 Å². The number of hydrogen-bond acceptors (Lipinski definition) is 2. The van der Waals surface area contributed by atoms with E-state index in [1.54, 1.807) is 24.3 Å². The minimum atomic E-state index is -4.95. The van der Waals surface area contributed by atoms with Crippen LogP contribution in [0.3, 0.4) is 0 Å². The van der Waals surface area contributed by atoms with Gasteiger partial charge in [-0.1, -0.05) is 18.2 Å². The number of nitrogens with zero attached hydrogens (tertiary/aromatic N) is 3. The highest BCUT2D eigenvalue weighted by Crippen LogP contribution is 2.37. The maximum atomic E-state index is 13.7. The molecule has 0 atom stereocenters. The van der Waals surface area contributed by atoms with E-state index in [9.17, 15) is 30.7 Å². The normalized spacial score (nSPS) is 12.8. The van der Waals surface area contributed by atoms with Gasteiger partial charge in [0.05, 0.1) is 27.7 Å². The van der Waals surface area contributed by atoms with Crippen molar-refractivity contribution in [2.75, 3.05) is 0 Å².